The second kappa shape index (κ2) is 4.35. The second-order valence-corrected chi connectivity index (χ2v) is 3.83. The summed E-state index contributed by atoms with van der Waals surface area (Å²) in [5, 5.41) is 0.839. The number of rotatable bonds is 4. The predicted molar refractivity (Wildman–Crippen MR) is 63.2 cm³/mol. The fourth-order valence-electron chi connectivity index (χ4n) is 1.82. The number of nitrogens with zero attached hydrogens (tertiary/aromatic N) is 2. The van der Waals surface area contributed by atoms with Crippen LogP contribution in [-0.2, 0) is 6.54 Å². The van der Waals surface area contributed by atoms with Gasteiger partial charge < -0.3 is 10.3 Å². The van der Waals surface area contributed by atoms with Crippen molar-refractivity contribution < 1.29 is 4.79 Å². The summed E-state index contributed by atoms with van der Waals surface area (Å²) in [5.41, 5.74) is 6.73. The van der Waals surface area contributed by atoms with Gasteiger partial charge in [0.1, 0.15) is 5.65 Å². The smallest absolute Gasteiger partial charge is 0.250 e. The quantitative estimate of drug-likeness (QED) is 0.850. The number of hydrogen-bond donors (Lipinski definition) is 1. The topological polar surface area (TPSA) is 60.9 Å². The van der Waals surface area contributed by atoms with Crippen molar-refractivity contribution in [3.05, 3.63) is 30.1 Å². The number of hydrogen-bond acceptors (Lipinski definition) is 2. The van der Waals surface area contributed by atoms with E-state index in [0.717, 1.165) is 30.4 Å². The number of aryl methyl sites for hydroxylation is 1. The molecule has 0 unspecified atom stereocenters. The van der Waals surface area contributed by atoms with Gasteiger partial charge in [0.25, 0.3) is 5.91 Å². The summed E-state index contributed by atoms with van der Waals surface area (Å²) in [5.74, 6) is -0.395. The minimum atomic E-state index is -0.395. The Morgan fingerprint density at radius 2 is 2.38 bits per heavy atom. The van der Waals surface area contributed by atoms with Gasteiger partial charge in [0.05, 0.1) is 5.56 Å². The van der Waals surface area contributed by atoms with E-state index >= 15 is 0 Å². The largest absolute Gasteiger partial charge is 0.366 e. The molecule has 2 heterocycles. The van der Waals surface area contributed by atoms with Gasteiger partial charge in [-0.2, -0.15) is 0 Å². The highest BCUT2D eigenvalue weighted by Gasteiger charge is 2.12. The Bertz CT molecular complexity index is 516. The highest BCUT2D eigenvalue weighted by molar-refractivity contribution is 6.05. The molecule has 0 aliphatic carbocycles. The maximum Gasteiger partial charge on any atom is 0.250 e. The first-order valence-electron chi connectivity index (χ1n) is 5.47. The Morgan fingerprint density at radius 3 is 3.06 bits per heavy atom. The number of aromatic nitrogens is 2. The first-order valence-corrected chi connectivity index (χ1v) is 5.47. The van der Waals surface area contributed by atoms with Crippen molar-refractivity contribution >= 4 is 16.9 Å². The van der Waals surface area contributed by atoms with Gasteiger partial charge in [-0.1, -0.05) is 13.3 Å². The monoisotopic (exact) mass is 217 g/mol. The Hall–Kier alpha value is -1.84. The van der Waals surface area contributed by atoms with Crippen LogP contribution in [0, 0.1) is 0 Å². The van der Waals surface area contributed by atoms with Gasteiger partial charge in [-0.05, 0) is 18.6 Å². The minimum Gasteiger partial charge on any atom is -0.366 e. The molecule has 0 aliphatic heterocycles. The molecule has 2 rings (SSSR count). The van der Waals surface area contributed by atoms with Crippen molar-refractivity contribution in [1.82, 2.24) is 9.55 Å². The van der Waals surface area contributed by atoms with Gasteiger partial charge in [0.15, 0.2) is 0 Å². The number of amides is 1. The molecule has 4 nitrogen and oxygen atoms in total. The molecular weight excluding hydrogens is 202 g/mol. The molecule has 0 radical (unpaired) electrons. The van der Waals surface area contributed by atoms with Crippen molar-refractivity contribution in [2.24, 2.45) is 5.73 Å². The first kappa shape index (κ1) is 10.7. The van der Waals surface area contributed by atoms with Crippen LogP contribution in [0.5, 0.6) is 0 Å². The van der Waals surface area contributed by atoms with Gasteiger partial charge in [-0.15, -0.1) is 0 Å². The average molecular weight is 217 g/mol. The highest BCUT2D eigenvalue weighted by atomic mass is 16.1. The van der Waals surface area contributed by atoms with E-state index in [2.05, 4.69) is 11.9 Å². The number of carbonyl (C=O) groups is 1. The molecule has 2 aromatic heterocycles. The molecule has 0 saturated carbocycles. The van der Waals surface area contributed by atoms with E-state index in [1.165, 1.54) is 0 Å². The van der Waals surface area contributed by atoms with E-state index in [-0.39, 0.29) is 0 Å². The van der Waals surface area contributed by atoms with E-state index in [0.29, 0.717) is 5.56 Å². The summed E-state index contributed by atoms with van der Waals surface area (Å²) < 4.78 is 2.00. The van der Waals surface area contributed by atoms with Gasteiger partial charge in [-0.3, -0.25) is 4.79 Å². The average Bonchev–Trinajstić information content (AvgIpc) is 2.65. The Morgan fingerprint density at radius 1 is 1.56 bits per heavy atom. The van der Waals surface area contributed by atoms with Crippen LogP contribution in [-0.4, -0.2) is 15.5 Å². The number of carbonyl (C=O) groups excluding carboxylic acids is 1. The molecule has 0 atom stereocenters. The van der Waals surface area contributed by atoms with Crippen molar-refractivity contribution in [2.45, 2.75) is 26.3 Å². The van der Waals surface area contributed by atoms with Gasteiger partial charge >= 0.3 is 0 Å². The maximum atomic E-state index is 11.3. The van der Waals surface area contributed by atoms with Crippen molar-refractivity contribution in [3.63, 3.8) is 0 Å². The molecule has 0 saturated heterocycles. The lowest BCUT2D eigenvalue weighted by molar-refractivity contribution is 0.100. The number of nitrogens with two attached hydrogens (primary N) is 1. The molecule has 84 valence electrons. The van der Waals surface area contributed by atoms with Crippen molar-refractivity contribution in [3.8, 4) is 0 Å². The normalized spacial score (nSPS) is 10.8. The molecule has 0 spiro atoms. The van der Waals surface area contributed by atoms with Crippen LogP contribution < -0.4 is 5.73 Å². The summed E-state index contributed by atoms with van der Waals surface area (Å²) >= 11 is 0. The molecule has 4 heteroatoms. The Labute approximate surface area is 94.1 Å². The number of primary amides is 1. The molecule has 2 N–H and O–H groups in total. The molecule has 0 fully saturated rings. The third-order valence-electron chi connectivity index (χ3n) is 2.65. The summed E-state index contributed by atoms with van der Waals surface area (Å²) in [6, 6.07) is 3.70. The summed E-state index contributed by atoms with van der Waals surface area (Å²) in [4.78, 5) is 15.6. The van der Waals surface area contributed by atoms with E-state index in [9.17, 15) is 4.79 Å². The molecule has 16 heavy (non-hydrogen) atoms. The first-order chi connectivity index (χ1) is 7.74. The zero-order chi connectivity index (χ0) is 11.5. The van der Waals surface area contributed by atoms with E-state index in [4.69, 9.17) is 5.73 Å². The van der Waals surface area contributed by atoms with Gasteiger partial charge in [0, 0.05) is 24.3 Å². The maximum absolute atomic E-state index is 11.3. The van der Waals surface area contributed by atoms with Gasteiger partial charge in [0.2, 0.25) is 0 Å². The van der Waals surface area contributed by atoms with Crippen LogP contribution in [0.2, 0.25) is 0 Å². The van der Waals surface area contributed by atoms with Crippen LogP contribution >= 0.6 is 0 Å². The molecule has 0 bridgehead atoms. The van der Waals surface area contributed by atoms with E-state index < -0.39 is 5.91 Å². The van der Waals surface area contributed by atoms with Gasteiger partial charge in [-0.25, -0.2) is 4.98 Å². The van der Waals surface area contributed by atoms with Crippen LogP contribution in [0.15, 0.2) is 24.5 Å². The van der Waals surface area contributed by atoms with Crippen molar-refractivity contribution in [2.75, 3.05) is 0 Å². The fourth-order valence-corrected chi connectivity index (χ4v) is 1.82. The SMILES string of the molecule is CCCCn1cc(C(N)=O)c2cccnc21. The van der Waals surface area contributed by atoms with Crippen LogP contribution in [0.3, 0.4) is 0 Å². The molecule has 0 aromatic carbocycles. The molecule has 0 aliphatic rings. The van der Waals surface area contributed by atoms with Crippen LogP contribution in [0.1, 0.15) is 30.1 Å². The van der Waals surface area contributed by atoms with E-state index in [1.807, 2.05) is 16.7 Å². The standard InChI is InChI=1S/C12H15N3O/c1-2-3-7-15-8-10(11(13)16)9-5-4-6-14-12(9)15/h4-6,8H,2-3,7H2,1H3,(H2,13,16). The lowest BCUT2D eigenvalue weighted by Gasteiger charge is -2.01. The molecule has 2 aromatic rings. The fraction of sp³-hybridized carbons (Fsp3) is 0.333. The Kier molecular flexibility index (Phi) is 2.90. The number of fused-ring (bicyclic) bond motifs is 1. The number of unbranched alkanes of at least 4 members (excludes halogenated alkanes) is 1. The summed E-state index contributed by atoms with van der Waals surface area (Å²) in [6.07, 6.45) is 5.71. The molecule has 1 amide bonds. The lowest BCUT2D eigenvalue weighted by atomic mass is 10.2. The van der Waals surface area contributed by atoms with Crippen molar-refractivity contribution in [1.29, 1.82) is 0 Å². The zero-order valence-electron chi connectivity index (χ0n) is 9.31. The van der Waals surface area contributed by atoms with Crippen LogP contribution in [0.4, 0.5) is 0 Å². The Balaban J connectivity index is 2.53. The second-order valence-electron chi connectivity index (χ2n) is 3.83. The third kappa shape index (κ3) is 1.78. The summed E-state index contributed by atoms with van der Waals surface area (Å²) in [6.45, 7) is 3.01. The third-order valence-corrected chi connectivity index (χ3v) is 2.65. The highest BCUT2D eigenvalue weighted by Crippen LogP contribution is 2.19. The molecular formula is C12H15N3O. The minimum absolute atomic E-state index is 0.395. The summed E-state index contributed by atoms with van der Waals surface area (Å²) in [7, 11) is 0. The lowest BCUT2D eigenvalue weighted by Crippen LogP contribution is -2.10. The van der Waals surface area contributed by atoms with E-state index in [1.54, 1.807) is 12.4 Å². The zero-order valence-corrected chi connectivity index (χ0v) is 9.31. The van der Waals surface area contributed by atoms with Crippen LogP contribution in [0.25, 0.3) is 11.0 Å². The number of pyridine rings is 1. The predicted octanol–water partition coefficient (Wildman–Crippen LogP) is 1.94.